The molecule has 2 heterocycles. The third-order valence-electron chi connectivity index (χ3n) is 21.7. The number of carbonyl (C=O) groups excluding carboxylic acids is 10. The maximum absolute atomic E-state index is 14.0. The second kappa shape index (κ2) is 40.4. The molecule has 0 aromatic carbocycles. The topological polar surface area (TPSA) is 263 Å². The van der Waals surface area contributed by atoms with Crippen molar-refractivity contribution in [1.29, 1.82) is 0 Å². The molecular weight excluding hydrogens is 1340 g/mol. The second-order valence-corrected chi connectivity index (χ2v) is 30.7. The number of carbonyl (C=O) groups is 10. The third kappa shape index (κ3) is 24.6. The normalized spacial score (nSPS) is 24.5. The Bertz CT molecular complexity index is 2900. The van der Waals surface area contributed by atoms with E-state index in [0.717, 1.165) is 89.9 Å². The highest BCUT2D eigenvalue weighted by Gasteiger charge is 2.65. The van der Waals surface area contributed by atoms with Crippen LogP contribution in [0.3, 0.4) is 0 Å². The van der Waals surface area contributed by atoms with Gasteiger partial charge in [-0.15, -0.1) is 0 Å². The number of hydrogen-bond donors (Lipinski definition) is 0. The van der Waals surface area contributed by atoms with Crippen LogP contribution in [0.25, 0.3) is 0 Å². The Kier molecular flexibility index (Phi) is 36.4. The molecule has 4 bridgehead atoms. The Labute approximate surface area is 611 Å². The SMILES string of the molecule is C.C=C(C)C(=O)OC(CC)C(F)(F)C(=O)OCCCC.C=C(C)C(=O)OC1(CC)CCCC1.C=C(C)C(=O)OC1C2CC3C(=O)OC1C3C2.CCC(C)(C)C(=O)OC1C2CC3C(=O)OC1C3C2.CCC1(OC(=O)C(C)(C)CC)CCCC1.CCCCOC(=O)C(F)(F)C(CC)OC(=O)C(C)(C)CC. The van der Waals surface area contributed by atoms with Crippen molar-refractivity contribution in [3.63, 3.8) is 0 Å². The molecule has 8 fully saturated rings. The van der Waals surface area contributed by atoms with Crippen molar-refractivity contribution in [3.05, 3.63) is 36.5 Å². The fourth-order valence-corrected chi connectivity index (χ4v) is 13.2. The summed E-state index contributed by atoms with van der Waals surface area (Å²) in [5.74, 6) is -12.3. The molecule has 590 valence electrons. The molecule has 2 aliphatic heterocycles. The molecule has 20 nitrogen and oxygen atoms in total. The fourth-order valence-electron chi connectivity index (χ4n) is 13.2. The summed E-state index contributed by atoms with van der Waals surface area (Å²) < 4.78 is 107. The number of ether oxygens (including phenoxy) is 10. The van der Waals surface area contributed by atoms with Gasteiger partial charge < -0.3 is 47.4 Å². The molecule has 0 aromatic heterocycles. The van der Waals surface area contributed by atoms with Gasteiger partial charge >= 0.3 is 71.5 Å². The first-order valence-corrected chi connectivity index (χ1v) is 37.2. The Morgan fingerprint density at radius 2 is 0.825 bits per heavy atom. The Morgan fingerprint density at radius 3 is 1.17 bits per heavy atom. The van der Waals surface area contributed by atoms with Crippen molar-refractivity contribution >= 4 is 59.7 Å². The van der Waals surface area contributed by atoms with Crippen LogP contribution < -0.4 is 0 Å². The zero-order valence-corrected chi connectivity index (χ0v) is 64.4. The minimum absolute atomic E-state index is 0. The highest BCUT2D eigenvalue weighted by atomic mass is 19.3. The highest BCUT2D eigenvalue weighted by molar-refractivity contribution is 5.89. The molecule has 0 amide bonds. The van der Waals surface area contributed by atoms with Gasteiger partial charge in [0.05, 0.1) is 41.3 Å². The van der Waals surface area contributed by atoms with Crippen LogP contribution in [0.5, 0.6) is 0 Å². The number of unbranched alkanes of at least 4 members (excludes halogenated alkanes) is 2. The maximum atomic E-state index is 14.0. The van der Waals surface area contributed by atoms with Crippen LogP contribution in [0.1, 0.15) is 280 Å². The van der Waals surface area contributed by atoms with E-state index in [0.29, 0.717) is 48.2 Å². The molecule has 6 aliphatic carbocycles. The zero-order chi connectivity index (χ0) is 77.7. The summed E-state index contributed by atoms with van der Waals surface area (Å²) in [6, 6.07) is 0. The Morgan fingerprint density at radius 1 is 0.476 bits per heavy atom. The van der Waals surface area contributed by atoms with E-state index in [4.69, 9.17) is 33.2 Å². The van der Waals surface area contributed by atoms with Gasteiger partial charge in [0.15, 0.2) is 12.2 Å². The molecule has 8 rings (SSSR count). The minimum atomic E-state index is -3.85. The highest BCUT2D eigenvalue weighted by Crippen LogP contribution is 2.57. The summed E-state index contributed by atoms with van der Waals surface area (Å²) in [6.45, 7) is 42.4. The van der Waals surface area contributed by atoms with E-state index in [1.807, 2.05) is 55.4 Å². The van der Waals surface area contributed by atoms with E-state index in [1.54, 1.807) is 34.6 Å². The van der Waals surface area contributed by atoms with Crippen LogP contribution in [0.2, 0.25) is 0 Å². The van der Waals surface area contributed by atoms with Crippen LogP contribution >= 0.6 is 0 Å². The van der Waals surface area contributed by atoms with E-state index in [2.05, 4.69) is 47.8 Å². The molecule has 2 saturated heterocycles. The van der Waals surface area contributed by atoms with Crippen LogP contribution in [0.15, 0.2) is 36.5 Å². The van der Waals surface area contributed by atoms with E-state index in [1.165, 1.54) is 46.5 Å². The first-order chi connectivity index (χ1) is 47.5. The van der Waals surface area contributed by atoms with Gasteiger partial charge in [-0.05, 0) is 197 Å². The number of esters is 10. The summed E-state index contributed by atoms with van der Waals surface area (Å²) >= 11 is 0. The average molecular weight is 1470 g/mol. The average Bonchev–Trinajstić information content (AvgIpc) is 1.58. The summed E-state index contributed by atoms with van der Waals surface area (Å²) in [6.07, 6.45) is 14.1. The molecule has 24 heteroatoms. The lowest BCUT2D eigenvalue weighted by molar-refractivity contribution is -0.202. The van der Waals surface area contributed by atoms with Gasteiger partial charge in [-0.2, -0.15) is 17.6 Å². The molecule has 6 saturated carbocycles. The summed E-state index contributed by atoms with van der Waals surface area (Å²) in [7, 11) is 0. The van der Waals surface area contributed by atoms with Gasteiger partial charge in [-0.1, -0.05) is 102 Å². The number of halogens is 4. The van der Waals surface area contributed by atoms with Crippen molar-refractivity contribution < 1.29 is 113 Å². The second-order valence-electron chi connectivity index (χ2n) is 30.7. The van der Waals surface area contributed by atoms with E-state index in [9.17, 15) is 65.5 Å². The van der Waals surface area contributed by atoms with Gasteiger partial charge in [0, 0.05) is 40.4 Å². The molecule has 0 radical (unpaired) electrons. The fraction of sp³-hybridized carbons (Fsp3) is 0.797. The standard InChI is InChI=1S/C15H26F2O4.C14H20O4.C13H20F2O4.C13H24O2.C12H14O4.C11H18O2.CH4/c1-6-9-10-20-13(19)15(16,17)11(7-2)21-12(18)14(4,5)8-3;1-4-14(2,3)13(16)18-10-7-5-8-9(6-7)12(15)17-11(8)10;1-5-7-8-18-12(17)13(14,15)10(6-2)19-11(16)9(3)4;1-5-12(3,4)11(14)15-13(6-2)9-7-8-10-13;1-5(2)11(13)15-9-6-3-7-8(4-6)12(14)16-10(7)9;1-4-11(7-5-6-8-11)13-10(12)9(2)3;/h11H,6-10H2,1-5H3;7-11H,4-6H2,1-3H3;10H,3,5-8H2,1-2,4H3;5-10H2,1-4H3;6-10H,1,3-4H2,2H3;2,4-8H2,1,3H3;1H4. The van der Waals surface area contributed by atoms with Gasteiger partial charge in [0.2, 0.25) is 0 Å². The van der Waals surface area contributed by atoms with Crippen molar-refractivity contribution in [3.8, 4) is 0 Å². The smallest absolute Gasteiger partial charge is 0.381 e. The van der Waals surface area contributed by atoms with Gasteiger partial charge in [-0.3, -0.25) is 24.0 Å². The number of hydrogen-bond acceptors (Lipinski definition) is 20. The predicted octanol–water partition coefficient (Wildman–Crippen LogP) is 16.7. The summed E-state index contributed by atoms with van der Waals surface area (Å²) in [4.78, 5) is 116. The summed E-state index contributed by atoms with van der Waals surface area (Å²) in [5, 5.41) is 0. The van der Waals surface area contributed by atoms with Crippen LogP contribution in [-0.4, -0.2) is 133 Å². The van der Waals surface area contributed by atoms with Gasteiger partial charge in [0.1, 0.15) is 35.6 Å². The number of alkyl halides is 4. The molecule has 0 spiro atoms. The van der Waals surface area contributed by atoms with Crippen molar-refractivity contribution in [2.75, 3.05) is 13.2 Å². The van der Waals surface area contributed by atoms with Gasteiger partial charge in [-0.25, -0.2) is 24.0 Å². The summed E-state index contributed by atoms with van der Waals surface area (Å²) in [5.41, 5.74) is -1.07. The molecule has 12 unspecified atom stereocenters. The van der Waals surface area contributed by atoms with Crippen molar-refractivity contribution in [2.45, 2.75) is 339 Å². The molecule has 0 aromatic rings. The first kappa shape index (κ1) is 92.7. The largest absolute Gasteiger partial charge is 0.461 e. The maximum Gasteiger partial charge on any atom is 0.381 e. The Hall–Kier alpha value is -6.36. The van der Waals surface area contributed by atoms with Crippen LogP contribution in [0, 0.1) is 51.8 Å². The molecule has 8 aliphatic rings. The monoisotopic (exact) mass is 1470 g/mol. The lowest BCUT2D eigenvalue weighted by Gasteiger charge is -2.32. The molecule has 103 heavy (non-hydrogen) atoms. The van der Waals surface area contributed by atoms with Crippen LogP contribution in [-0.2, 0) is 95.3 Å². The lowest BCUT2D eigenvalue weighted by Crippen LogP contribution is -2.46. The number of rotatable bonds is 29. The molecule has 0 N–H and O–H groups in total. The van der Waals surface area contributed by atoms with E-state index < -0.39 is 58.8 Å². The molecular formula is C79H126F4O20. The first-order valence-electron chi connectivity index (χ1n) is 37.2. The predicted molar refractivity (Wildman–Crippen MR) is 379 cm³/mol. The number of fused-ring (bicyclic) bond motifs is 2. The van der Waals surface area contributed by atoms with Crippen LogP contribution in [0.4, 0.5) is 17.6 Å². The van der Waals surface area contributed by atoms with Crippen molar-refractivity contribution in [2.24, 2.45) is 51.8 Å². The Balaban J connectivity index is 0.000000421. The lowest BCUT2D eigenvalue weighted by atomic mass is 9.87. The van der Waals surface area contributed by atoms with E-state index >= 15 is 0 Å². The van der Waals surface area contributed by atoms with Gasteiger partial charge in [0.25, 0.3) is 0 Å². The van der Waals surface area contributed by atoms with E-state index in [-0.39, 0.29) is 134 Å². The quantitative estimate of drug-likeness (QED) is 0.0221. The van der Waals surface area contributed by atoms with Crippen molar-refractivity contribution in [1.82, 2.24) is 0 Å². The molecule has 12 atom stereocenters. The minimum Gasteiger partial charge on any atom is -0.461 e. The zero-order valence-electron chi connectivity index (χ0n) is 64.4. The third-order valence-corrected chi connectivity index (χ3v) is 21.7.